The molecule has 1 heterocycles. The maximum atomic E-state index is 5.96. The van der Waals surface area contributed by atoms with Crippen molar-refractivity contribution in [1.29, 1.82) is 0 Å². The van der Waals surface area contributed by atoms with Gasteiger partial charge in [0, 0.05) is 25.0 Å². The molecule has 5 heteroatoms. The molecule has 0 radical (unpaired) electrons. The van der Waals surface area contributed by atoms with E-state index >= 15 is 0 Å². The summed E-state index contributed by atoms with van der Waals surface area (Å²) in [6.45, 7) is 7.10. The van der Waals surface area contributed by atoms with Crippen LogP contribution in [0.5, 0.6) is 0 Å². The lowest BCUT2D eigenvalue weighted by Gasteiger charge is -2.33. The van der Waals surface area contributed by atoms with Crippen molar-refractivity contribution in [2.24, 2.45) is 7.05 Å². The van der Waals surface area contributed by atoms with E-state index in [0.29, 0.717) is 5.88 Å². The normalized spacial score (nSPS) is 12.5. The Hall–Kier alpha value is -0.0600. The summed E-state index contributed by atoms with van der Waals surface area (Å²) in [5, 5.41) is 4.38. The third kappa shape index (κ3) is 2.79. The van der Waals surface area contributed by atoms with Crippen LogP contribution in [-0.2, 0) is 13.6 Å². The van der Waals surface area contributed by atoms with Crippen LogP contribution in [-0.4, -0.2) is 33.1 Å². The number of nitrogens with zero attached hydrogens (tertiary/aromatic N) is 3. The van der Waals surface area contributed by atoms with Gasteiger partial charge in [-0.25, -0.2) is 0 Å². The van der Waals surface area contributed by atoms with Crippen molar-refractivity contribution >= 4 is 27.5 Å². The first-order valence-electron chi connectivity index (χ1n) is 5.24. The molecule has 1 aromatic heterocycles. The Morgan fingerprint density at radius 3 is 2.44 bits per heavy atom. The molecule has 0 fully saturated rings. The number of hydrogen-bond acceptors (Lipinski definition) is 2. The van der Waals surface area contributed by atoms with E-state index in [9.17, 15) is 0 Å². The second kappa shape index (κ2) is 5.07. The number of rotatable bonds is 4. The number of hydrogen-bond donors (Lipinski definition) is 0. The van der Waals surface area contributed by atoms with Crippen molar-refractivity contribution in [2.45, 2.75) is 32.9 Å². The van der Waals surface area contributed by atoms with Gasteiger partial charge < -0.3 is 0 Å². The van der Waals surface area contributed by atoms with Crippen LogP contribution < -0.4 is 0 Å². The molecule has 1 aromatic rings. The molecule has 0 aliphatic rings. The minimum Gasteiger partial charge on any atom is -0.294 e. The summed E-state index contributed by atoms with van der Waals surface area (Å²) in [6, 6.07) is 0. The lowest BCUT2D eigenvalue weighted by atomic mass is 10.1. The van der Waals surface area contributed by atoms with Crippen LogP contribution in [0.2, 0.25) is 0 Å². The highest BCUT2D eigenvalue weighted by molar-refractivity contribution is 9.10. The van der Waals surface area contributed by atoms with Crippen molar-refractivity contribution in [2.75, 3.05) is 12.9 Å². The Kier molecular flexibility index (Phi) is 4.43. The fourth-order valence-electron chi connectivity index (χ4n) is 1.39. The zero-order chi connectivity index (χ0) is 12.5. The predicted octanol–water partition coefficient (Wildman–Crippen LogP) is 2.94. The third-order valence-corrected chi connectivity index (χ3v) is 4.69. The molecule has 0 aliphatic carbocycles. The minimum absolute atomic E-state index is 0.0147. The lowest BCUT2D eigenvalue weighted by molar-refractivity contribution is 0.166. The molecule has 1 rings (SSSR count). The Morgan fingerprint density at radius 2 is 2.06 bits per heavy atom. The second-order valence-electron chi connectivity index (χ2n) is 4.77. The van der Waals surface area contributed by atoms with Gasteiger partial charge >= 0.3 is 0 Å². The van der Waals surface area contributed by atoms with Crippen LogP contribution >= 0.6 is 27.5 Å². The van der Waals surface area contributed by atoms with Crippen molar-refractivity contribution in [1.82, 2.24) is 14.7 Å². The van der Waals surface area contributed by atoms with Gasteiger partial charge in [-0.05, 0) is 43.7 Å². The van der Waals surface area contributed by atoms with Gasteiger partial charge in [0.25, 0.3) is 0 Å². The molecule has 0 N–H and O–H groups in total. The number of alkyl halides is 1. The van der Waals surface area contributed by atoms with Gasteiger partial charge in [0.15, 0.2) is 0 Å². The maximum Gasteiger partial charge on any atom is 0.0739 e. The summed E-state index contributed by atoms with van der Waals surface area (Å²) in [5.41, 5.74) is 2.19. The van der Waals surface area contributed by atoms with Gasteiger partial charge in [-0.3, -0.25) is 9.58 Å². The van der Waals surface area contributed by atoms with Crippen LogP contribution in [0, 0.1) is 6.92 Å². The molecule has 0 amide bonds. The zero-order valence-corrected chi connectivity index (χ0v) is 12.9. The molecule has 0 unspecified atom stereocenters. The first-order valence-corrected chi connectivity index (χ1v) is 6.57. The second-order valence-corrected chi connectivity index (χ2v) is 5.83. The topological polar surface area (TPSA) is 21.1 Å². The molecule has 0 bridgehead atoms. The van der Waals surface area contributed by atoms with Crippen molar-refractivity contribution in [3.05, 3.63) is 15.9 Å². The van der Waals surface area contributed by atoms with Crippen LogP contribution in [0.15, 0.2) is 4.47 Å². The highest BCUT2D eigenvalue weighted by Crippen LogP contribution is 2.24. The zero-order valence-electron chi connectivity index (χ0n) is 10.5. The van der Waals surface area contributed by atoms with E-state index in [1.165, 1.54) is 5.69 Å². The van der Waals surface area contributed by atoms with Gasteiger partial charge in [0.1, 0.15) is 0 Å². The molecule has 0 saturated carbocycles. The summed E-state index contributed by atoms with van der Waals surface area (Å²) in [6.07, 6.45) is 0. The van der Waals surface area contributed by atoms with Gasteiger partial charge in [-0.1, -0.05) is 0 Å². The highest BCUT2D eigenvalue weighted by Gasteiger charge is 2.24. The van der Waals surface area contributed by atoms with E-state index in [2.05, 4.69) is 46.8 Å². The number of aromatic nitrogens is 2. The predicted molar refractivity (Wildman–Crippen MR) is 71.9 cm³/mol. The van der Waals surface area contributed by atoms with E-state index in [1.807, 2.05) is 18.7 Å². The summed E-state index contributed by atoms with van der Waals surface area (Å²) in [4.78, 5) is 2.24. The fraction of sp³-hybridized carbons (Fsp3) is 0.727. The van der Waals surface area contributed by atoms with Gasteiger partial charge in [0.2, 0.25) is 0 Å². The third-order valence-electron chi connectivity index (χ3n) is 3.01. The molecular weight excluding hydrogens is 289 g/mol. The quantitative estimate of drug-likeness (QED) is 0.798. The number of halogens is 2. The SMILES string of the molecule is Cc1nn(C)c(CN(C)C(C)(C)CCl)c1Br. The van der Waals surface area contributed by atoms with E-state index in [-0.39, 0.29) is 5.54 Å². The van der Waals surface area contributed by atoms with Gasteiger partial charge in [-0.15, -0.1) is 11.6 Å². The van der Waals surface area contributed by atoms with Crippen molar-refractivity contribution in [3.8, 4) is 0 Å². The monoisotopic (exact) mass is 307 g/mol. The first kappa shape index (κ1) is 14.0. The van der Waals surface area contributed by atoms with E-state index in [0.717, 1.165) is 16.7 Å². The Balaban J connectivity index is 2.89. The molecular formula is C11H19BrClN3. The lowest BCUT2D eigenvalue weighted by Crippen LogP contribution is -2.42. The van der Waals surface area contributed by atoms with E-state index in [1.54, 1.807) is 0 Å². The standard InChI is InChI=1S/C11H19BrClN3/c1-8-10(12)9(16(5)14-8)6-15(4)11(2,3)7-13/h6-7H2,1-5H3. The van der Waals surface area contributed by atoms with Crippen molar-refractivity contribution in [3.63, 3.8) is 0 Å². The van der Waals surface area contributed by atoms with Crippen LogP contribution in [0.3, 0.4) is 0 Å². The maximum absolute atomic E-state index is 5.96. The molecule has 3 nitrogen and oxygen atoms in total. The molecule has 16 heavy (non-hydrogen) atoms. The van der Waals surface area contributed by atoms with Crippen LogP contribution in [0.25, 0.3) is 0 Å². The van der Waals surface area contributed by atoms with Crippen LogP contribution in [0.4, 0.5) is 0 Å². The molecule has 0 spiro atoms. The summed E-state index contributed by atoms with van der Waals surface area (Å²) < 4.78 is 3.01. The van der Waals surface area contributed by atoms with Gasteiger partial charge in [0.05, 0.1) is 15.9 Å². The Labute approximate surface area is 111 Å². The smallest absolute Gasteiger partial charge is 0.0739 e. The highest BCUT2D eigenvalue weighted by atomic mass is 79.9. The fourth-order valence-corrected chi connectivity index (χ4v) is 2.06. The molecule has 0 aromatic carbocycles. The molecule has 92 valence electrons. The van der Waals surface area contributed by atoms with Crippen LogP contribution in [0.1, 0.15) is 25.2 Å². The van der Waals surface area contributed by atoms with Crippen molar-refractivity contribution < 1.29 is 0 Å². The van der Waals surface area contributed by atoms with E-state index in [4.69, 9.17) is 11.6 Å². The Morgan fingerprint density at radius 1 is 1.50 bits per heavy atom. The average Bonchev–Trinajstić information content (AvgIpc) is 2.45. The summed E-state index contributed by atoms with van der Waals surface area (Å²) >= 11 is 9.54. The molecule has 0 aliphatic heterocycles. The summed E-state index contributed by atoms with van der Waals surface area (Å²) in [5.74, 6) is 0.609. The summed E-state index contributed by atoms with van der Waals surface area (Å²) in [7, 11) is 4.05. The average molecular weight is 309 g/mol. The number of aryl methyl sites for hydroxylation is 2. The largest absolute Gasteiger partial charge is 0.294 e. The Bertz CT molecular complexity index is 374. The molecule has 0 atom stereocenters. The first-order chi connectivity index (χ1) is 7.29. The molecule has 0 saturated heterocycles. The van der Waals surface area contributed by atoms with Gasteiger partial charge in [-0.2, -0.15) is 5.10 Å². The van der Waals surface area contributed by atoms with E-state index < -0.39 is 0 Å². The minimum atomic E-state index is -0.0147.